The van der Waals surface area contributed by atoms with Crippen LogP contribution in [0.5, 0.6) is 11.6 Å². The molecule has 2 nitrogen and oxygen atoms in total. The lowest BCUT2D eigenvalue weighted by Gasteiger charge is -2.09. The van der Waals surface area contributed by atoms with Gasteiger partial charge in [0, 0.05) is 17.6 Å². The number of nitrogens with zero attached hydrogens (tertiary/aromatic N) is 1. The van der Waals surface area contributed by atoms with Crippen molar-refractivity contribution in [2.24, 2.45) is 0 Å². The lowest BCUT2D eigenvalue weighted by molar-refractivity contribution is 0.460. The van der Waals surface area contributed by atoms with E-state index in [2.05, 4.69) is 24.9 Å². The van der Waals surface area contributed by atoms with E-state index in [4.69, 9.17) is 16.3 Å². The molecule has 0 amide bonds. The SMILES string of the molecule is CCc1cccc(Oc2cc(CCl)cc(CC)n2)c1. The molecule has 1 aromatic heterocycles. The van der Waals surface area contributed by atoms with Gasteiger partial charge < -0.3 is 4.74 Å². The summed E-state index contributed by atoms with van der Waals surface area (Å²) in [7, 11) is 0. The van der Waals surface area contributed by atoms with E-state index in [1.54, 1.807) is 0 Å². The summed E-state index contributed by atoms with van der Waals surface area (Å²) in [5, 5.41) is 0. The summed E-state index contributed by atoms with van der Waals surface area (Å²) >= 11 is 5.90. The minimum absolute atomic E-state index is 0.473. The number of aromatic nitrogens is 1. The van der Waals surface area contributed by atoms with E-state index in [0.29, 0.717) is 11.8 Å². The Bertz CT molecular complexity index is 532. The molecule has 0 aliphatic carbocycles. The van der Waals surface area contributed by atoms with Crippen LogP contribution >= 0.6 is 11.6 Å². The number of rotatable bonds is 5. The van der Waals surface area contributed by atoms with E-state index in [9.17, 15) is 0 Å². The van der Waals surface area contributed by atoms with Gasteiger partial charge in [0.25, 0.3) is 0 Å². The van der Waals surface area contributed by atoms with Crippen LogP contribution in [0.1, 0.15) is 30.7 Å². The summed E-state index contributed by atoms with van der Waals surface area (Å²) in [6.45, 7) is 4.20. The summed E-state index contributed by atoms with van der Waals surface area (Å²) in [6.07, 6.45) is 1.86. The first-order chi connectivity index (χ1) is 9.25. The van der Waals surface area contributed by atoms with Gasteiger partial charge in [0.05, 0.1) is 0 Å². The maximum absolute atomic E-state index is 5.90. The number of halogens is 1. The van der Waals surface area contributed by atoms with Crippen LogP contribution in [0.25, 0.3) is 0 Å². The van der Waals surface area contributed by atoms with Gasteiger partial charge in [-0.25, -0.2) is 4.98 Å². The van der Waals surface area contributed by atoms with Crippen molar-refractivity contribution in [2.75, 3.05) is 0 Å². The second-order valence-corrected chi connectivity index (χ2v) is 4.66. The van der Waals surface area contributed by atoms with E-state index in [1.807, 2.05) is 30.3 Å². The highest BCUT2D eigenvalue weighted by molar-refractivity contribution is 6.17. The van der Waals surface area contributed by atoms with Gasteiger partial charge in [-0.05, 0) is 42.2 Å². The standard InChI is InChI=1S/C16H18ClNO/c1-3-12-6-5-7-15(9-12)19-16-10-13(11-17)8-14(4-2)18-16/h5-10H,3-4,11H2,1-2H3. The second-order valence-electron chi connectivity index (χ2n) is 4.40. The van der Waals surface area contributed by atoms with Crippen LogP contribution in [-0.2, 0) is 18.7 Å². The van der Waals surface area contributed by atoms with Gasteiger partial charge in [0.1, 0.15) is 5.75 Å². The fourth-order valence-electron chi connectivity index (χ4n) is 1.88. The van der Waals surface area contributed by atoms with Crippen molar-refractivity contribution in [1.82, 2.24) is 4.98 Å². The van der Waals surface area contributed by atoms with Crippen LogP contribution in [-0.4, -0.2) is 4.98 Å². The molecular formula is C16H18ClNO. The molecule has 0 bridgehead atoms. The summed E-state index contributed by atoms with van der Waals surface area (Å²) in [4.78, 5) is 4.47. The molecule has 1 aromatic carbocycles. The summed E-state index contributed by atoms with van der Waals surface area (Å²) < 4.78 is 5.84. The van der Waals surface area contributed by atoms with Crippen molar-refractivity contribution in [3.63, 3.8) is 0 Å². The minimum atomic E-state index is 0.473. The summed E-state index contributed by atoms with van der Waals surface area (Å²) in [6, 6.07) is 12.0. The van der Waals surface area contributed by atoms with Crippen molar-refractivity contribution in [1.29, 1.82) is 0 Å². The highest BCUT2D eigenvalue weighted by atomic mass is 35.5. The van der Waals surface area contributed by atoms with E-state index >= 15 is 0 Å². The molecule has 0 radical (unpaired) electrons. The van der Waals surface area contributed by atoms with Crippen molar-refractivity contribution in [3.8, 4) is 11.6 Å². The van der Waals surface area contributed by atoms with E-state index < -0.39 is 0 Å². The number of aryl methyl sites for hydroxylation is 2. The lowest BCUT2D eigenvalue weighted by atomic mass is 10.2. The van der Waals surface area contributed by atoms with Gasteiger partial charge in [0.2, 0.25) is 5.88 Å². The Kier molecular flexibility index (Phi) is 4.80. The molecule has 0 aliphatic rings. The fourth-order valence-corrected chi connectivity index (χ4v) is 2.03. The molecule has 0 spiro atoms. The Morgan fingerprint density at radius 3 is 2.58 bits per heavy atom. The van der Waals surface area contributed by atoms with Crippen LogP contribution in [0.15, 0.2) is 36.4 Å². The predicted molar refractivity (Wildman–Crippen MR) is 79.1 cm³/mol. The topological polar surface area (TPSA) is 22.1 Å². The molecule has 0 saturated carbocycles. The van der Waals surface area contributed by atoms with Crippen LogP contribution in [0.2, 0.25) is 0 Å². The molecule has 0 fully saturated rings. The van der Waals surface area contributed by atoms with Crippen LogP contribution in [0.4, 0.5) is 0 Å². The number of pyridine rings is 1. The first kappa shape index (κ1) is 13.9. The van der Waals surface area contributed by atoms with E-state index in [-0.39, 0.29) is 0 Å². The van der Waals surface area contributed by atoms with Crippen molar-refractivity contribution in [2.45, 2.75) is 32.6 Å². The zero-order valence-electron chi connectivity index (χ0n) is 11.3. The number of benzene rings is 1. The summed E-state index contributed by atoms with van der Waals surface area (Å²) in [5.74, 6) is 1.91. The smallest absolute Gasteiger partial charge is 0.219 e. The van der Waals surface area contributed by atoms with Gasteiger partial charge in [-0.15, -0.1) is 11.6 Å². The normalized spacial score (nSPS) is 10.5. The van der Waals surface area contributed by atoms with Gasteiger partial charge in [-0.3, -0.25) is 0 Å². The Labute approximate surface area is 119 Å². The van der Waals surface area contributed by atoms with E-state index in [0.717, 1.165) is 29.8 Å². The maximum atomic E-state index is 5.90. The van der Waals surface area contributed by atoms with Gasteiger partial charge in [-0.1, -0.05) is 26.0 Å². The Morgan fingerprint density at radius 1 is 1.05 bits per heavy atom. The van der Waals surface area contributed by atoms with Crippen LogP contribution in [0.3, 0.4) is 0 Å². The minimum Gasteiger partial charge on any atom is -0.439 e. The third-order valence-corrected chi connectivity index (χ3v) is 3.27. The first-order valence-electron chi connectivity index (χ1n) is 6.57. The first-order valence-corrected chi connectivity index (χ1v) is 7.11. The third-order valence-electron chi connectivity index (χ3n) is 2.96. The molecule has 1 heterocycles. The molecule has 19 heavy (non-hydrogen) atoms. The zero-order chi connectivity index (χ0) is 13.7. The average molecular weight is 276 g/mol. The second kappa shape index (κ2) is 6.58. The zero-order valence-corrected chi connectivity index (χ0v) is 12.1. The quantitative estimate of drug-likeness (QED) is 0.736. The Hall–Kier alpha value is -1.54. The Balaban J connectivity index is 2.26. The third kappa shape index (κ3) is 3.71. The van der Waals surface area contributed by atoms with Gasteiger partial charge in [0.15, 0.2) is 0 Å². The van der Waals surface area contributed by atoms with E-state index in [1.165, 1.54) is 5.56 Å². The molecule has 0 N–H and O–H groups in total. The molecule has 0 aliphatic heterocycles. The molecular weight excluding hydrogens is 258 g/mol. The number of alkyl halides is 1. The summed E-state index contributed by atoms with van der Waals surface area (Å²) in [5.41, 5.74) is 3.29. The monoisotopic (exact) mass is 275 g/mol. The molecule has 0 saturated heterocycles. The number of ether oxygens (including phenoxy) is 1. The molecule has 3 heteroatoms. The molecule has 0 unspecified atom stereocenters. The van der Waals surface area contributed by atoms with Crippen molar-refractivity contribution < 1.29 is 4.74 Å². The lowest BCUT2D eigenvalue weighted by Crippen LogP contribution is -1.95. The van der Waals surface area contributed by atoms with Crippen molar-refractivity contribution in [3.05, 3.63) is 53.2 Å². The molecule has 100 valence electrons. The van der Waals surface area contributed by atoms with Gasteiger partial charge in [-0.2, -0.15) is 0 Å². The highest BCUT2D eigenvalue weighted by Gasteiger charge is 2.04. The fraction of sp³-hybridized carbons (Fsp3) is 0.312. The van der Waals surface area contributed by atoms with Crippen molar-refractivity contribution >= 4 is 11.6 Å². The van der Waals surface area contributed by atoms with Gasteiger partial charge >= 0.3 is 0 Å². The van der Waals surface area contributed by atoms with Crippen LogP contribution < -0.4 is 4.74 Å². The molecule has 2 aromatic rings. The average Bonchev–Trinajstić information content (AvgIpc) is 2.47. The predicted octanol–water partition coefficient (Wildman–Crippen LogP) is 4.74. The molecule has 0 atom stereocenters. The molecule has 2 rings (SSSR count). The Morgan fingerprint density at radius 2 is 1.89 bits per heavy atom. The number of hydrogen-bond acceptors (Lipinski definition) is 2. The van der Waals surface area contributed by atoms with Crippen LogP contribution in [0, 0.1) is 0 Å². The highest BCUT2D eigenvalue weighted by Crippen LogP contribution is 2.23. The number of hydrogen-bond donors (Lipinski definition) is 0. The maximum Gasteiger partial charge on any atom is 0.219 e. The largest absolute Gasteiger partial charge is 0.439 e.